The van der Waals surface area contributed by atoms with Crippen LogP contribution < -0.4 is 5.01 Å². The normalized spacial score (nSPS) is 14.1. The van der Waals surface area contributed by atoms with Gasteiger partial charge in [0.2, 0.25) is 0 Å². The first-order valence-electron chi connectivity index (χ1n) is 6.15. The van der Waals surface area contributed by atoms with E-state index in [9.17, 15) is 4.39 Å². The van der Waals surface area contributed by atoms with Crippen molar-refractivity contribution < 1.29 is 4.39 Å². The van der Waals surface area contributed by atoms with Crippen LogP contribution in [0.3, 0.4) is 0 Å². The summed E-state index contributed by atoms with van der Waals surface area (Å²) in [6.07, 6.45) is 0. The van der Waals surface area contributed by atoms with Crippen molar-refractivity contribution in [2.75, 3.05) is 11.7 Å². The predicted octanol–water partition coefficient (Wildman–Crippen LogP) is 4.04. The van der Waals surface area contributed by atoms with Gasteiger partial charge in [-0.15, -0.1) is 0 Å². The molecule has 0 aromatic heterocycles. The fourth-order valence-corrected chi connectivity index (χ4v) is 2.12. The molecule has 3 rings (SSSR count). The predicted molar refractivity (Wildman–Crippen MR) is 75.6 cm³/mol. The van der Waals surface area contributed by atoms with Gasteiger partial charge in [0.1, 0.15) is 12.5 Å². The molecule has 0 bridgehead atoms. The third kappa shape index (κ3) is 2.88. The molecule has 0 atom stereocenters. The average molecular weight is 291 g/mol. The van der Waals surface area contributed by atoms with Crippen molar-refractivity contribution in [1.82, 2.24) is 5.01 Å². The number of halogens is 2. The van der Waals surface area contributed by atoms with Crippen molar-refractivity contribution in [2.24, 2.45) is 10.4 Å². The Hall–Kier alpha value is -2.14. The van der Waals surface area contributed by atoms with Gasteiger partial charge in [-0.2, -0.15) is 0 Å². The molecule has 1 aliphatic rings. The van der Waals surface area contributed by atoms with Crippen LogP contribution in [0.2, 0.25) is 5.02 Å². The van der Waals surface area contributed by atoms with Crippen LogP contribution in [0, 0.1) is 5.82 Å². The van der Waals surface area contributed by atoms with Crippen LogP contribution in [0.4, 0.5) is 10.1 Å². The third-order valence-corrected chi connectivity index (χ3v) is 3.20. The van der Waals surface area contributed by atoms with Gasteiger partial charge in [-0.05, 0) is 47.2 Å². The van der Waals surface area contributed by atoms with Crippen LogP contribution in [-0.2, 0) is 6.54 Å². The minimum absolute atomic E-state index is 0.242. The zero-order valence-electron chi connectivity index (χ0n) is 10.6. The maximum absolute atomic E-state index is 13.1. The van der Waals surface area contributed by atoms with Crippen molar-refractivity contribution in [3.05, 3.63) is 64.9 Å². The number of nitrogens with zero attached hydrogens (tertiary/aromatic N) is 4. The summed E-state index contributed by atoms with van der Waals surface area (Å²) in [7, 11) is 0. The second-order valence-corrected chi connectivity index (χ2v) is 4.93. The van der Waals surface area contributed by atoms with E-state index in [0.29, 0.717) is 18.2 Å². The molecule has 0 unspecified atom stereocenters. The van der Waals surface area contributed by atoms with Crippen molar-refractivity contribution in [3.63, 3.8) is 0 Å². The van der Waals surface area contributed by atoms with Crippen molar-refractivity contribution >= 4 is 17.3 Å². The van der Waals surface area contributed by atoms with E-state index in [4.69, 9.17) is 11.6 Å². The van der Waals surface area contributed by atoms with E-state index >= 15 is 0 Å². The Balaban J connectivity index is 1.65. The first kappa shape index (κ1) is 12.9. The first-order chi connectivity index (χ1) is 9.70. The van der Waals surface area contributed by atoms with Gasteiger partial charge < -0.3 is 0 Å². The molecule has 0 radical (unpaired) electrons. The molecule has 102 valence electrons. The van der Waals surface area contributed by atoms with Gasteiger partial charge in [0, 0.05) is 5.02 Å². The van der Waals surface area contributed by atoms with E-state index in [-0.39, 0.29) is 5.82 Å². The van der Waals surface area contributed by atoms with E-state index in [2.05, 4.69) is 10.4 Å². The van der Waals surface area contributed by atoms with Gasteiger partial charge in [-0.3, -0.25) is 5.01 Å². The molecule has 0 N–H and O–H groups in total. The molecule has 2 aromatic carbocycles. The Labute approximate surface area is 121 Å². The SMILES string of the molecule is Fc1cccc(CN2CN(c3ccc(Cl)cc3)N=N2)c1. The van der Waals surface area contributed by atoms with Crippen molar-refractivity contribution in [2.45, 2.75) is 6.54 Å². The van der Waals surface area contributed by atoms with E-state index in [1.54, 1.807) is 16.1 Å². The molecule has 20 heavy (non-hydrogen) atoms. The molecule has 1 aliphatic heterocycles. The molecule has 0 spiro atoms. The second kappa shape index (κ2) is 5.46. The maximum atomic E-state index is 13.1. The highest BCUT2D eigenvalue weighted by Crippen LogP contribution is 2.22. The molecular formula is C14H12ClFN4. The second-order valence-electron chi connectivity index (χ2n) is 4.49. The lowest BCUT2D eigenvalue weighted by molar-refractivity contribution is 0.307. The molecule has 0 amide bonds. The molecule has 6 heteroatoms. The van der Waals surface area contributed by atoms with Gasteiger partial charge in [0.25, 0.3) is 0 Å². The first-order valence-corrected chi connectivity index (χ1v) is 6.52. The highest BCUT2D eigenvalue weighted by molar-refractivity contribution is 6.30. The molecule has 4 nitrogen and oxygen atoms in total. The Kier molecular flexibility index (Phi) is 3.52. The standard InChI is InChI=1S/C14H12ClFN4/c15-12-4-6-14(7-5-12)20-10-19(17-18-20)9-11-2-1-3-13(16)8-11/h1-8H,9-10H2. The summed E-state index contributed by atoms with van der Waals surface area (Å²) in [4.78, 5) is 0. The Morgan fingerprint density at radius 2 is 1.90 bits per heavy atom. The minimum atomic E-state index is -0.242. The molecule has 0 saturated carbocycles. The zero-order chi connectivity index (χ0) is 13.9. The Morgan fingerprint density at radius 1 is 1.10 bits per heavy atom. The molecule has 2 aromatic rings. The summed E-state index contributed by atoms with van der Waals surface area (Å²) in [5, 5.41) is 12.4. The number of hydrogen-bond acceptors (Lipinski definition) is 4. The smallest absolute Gasteiger partial charge is 0.132 e. The molecule has 0 saturated heterocycles. The third-order valence-electron chi connectivity index (χ3n) is 2.95. The summed E-state index contributed by atoms with van der Waals surface area (Å²) >= 11 is 5.85. The van der Waals surface area contributed by atoms with Gasteiger partial charge >= 0.3 is 0 Å². The number of benzene rings is 2. The van der Waals surface area contributed by atoms with E-state index in [1.165, 1.54) is 12.1 Å². The monoisotopic (exact) mass is 290 g/mol. The fourth-order valence-electron chi connectivity index (χ4n) is 1.99. The zero-order valence-corrected chi connectivity index (χ0v) is 11.3. The van der Waals surface area contributed by atoms with Crippen LogP contribution in [0.25, 0.3) is 0 Å². The van der Waals surface area contributed by atoms with Crippen LogP contribution >= 0.6 is 11.6 Å². The summed E-state index contributed by atoms with van der Waals surface area (Å²) < 4.78 is 13.1. The van der Waals surface area contributed by atoms with Gasteiger partial charge in [-0.25, -0.2) is 9.40 Å². The van der Waals surface area contributed by atoms with Crippen LogP contribution in [0.5, 0.6) is 0 Å². The molecule has 0 fully saturated rings. The van der Waals surface area contributed by atoms with E-state index in [0.717, 1.165) is 11.3 Å². The lowest BCUT2D eigenvalue weighted by atomic mass is 10.2. The number of rotatable bonds is 3. The van der Waals surface area contributed by atoms with E-state index < -0.39 is 0 Å². The van der Waals surface area contributed by atoms with Crippen molar-refractivity contribution in [1.29, 1.82) is 0 Å². The number of hydrogen-bond donors (Lipinski definition) is 0. The summed E-state index contributed by atoms with van der Waals surface area (Å²) in [6.45, 7) is 1.05. The van der Waals surface area contributed by atoms with E-state index in [1.807, 2.05) is 30.3 Å². The highest BCUT2D eigenvalue weighted by Gasteiger charge is 2.17. The van der Waals surface area contributed by atoms with Crippen LogP contribution in [0.15, 0.2) is 59.0 Å². The molecule has 0 aliphatic carbocycles. The van der Waals surface area contributed by atoms with Gasteiger partial charge in [0.15, 0.2) is 0 Å². The lowest BCUT2D eigenvalue weighted by Crippen LogP contribution is -2.24. The summed E-state index contributed by atoms with van der Waals surface area (Å²) in [6, 6.07) is 13.9. The van der Waals surface area contributed by atoms with Gasteiger partial charge in [0.05, 0.1) is 12.2 Å². The number of anilines is 1. The molecule has 1 heterocycles. The topological polar surface area (TPSA) is 31.2 Å². The van der Waals surface area contributed by atoms with Crippen LogP contribution in [-0.4, -0.2) is 11.7 Å². The lowest BCUT2D eigenvalue weighted by Gasteiger charge is -2.16. The Morgan fingerprint density at radius 3 is 2.65 bits per heavy atom. The maximum Gasteiger partial charge on any atom is 0.132 e. The Bertz CT molecular complexity index is 629. The minimum Gasteiger partial charge on any atom is -0.251 e. The highest BCUT2D eigenvalue weighted by atomic mass is 35.5. The van der Waals surface area contributed by atoms with Crippen molar-refractivity contribution in [3.8, 4) is 0 Å². The van der Waals surface area contributed by atoms with Gasteiger partial charge in [-0.1, -0.05) is 29.0 Å². The summed E-state index contributed by atoms with van der Waals surface area (Å²) in [5.74, 6) is -0.242. The molecular weight excluding hydrogens is 279 g/mol. The van der Waals surface area contributed by atoms with Crippen LogP contribution in [0.1, 0.15) is 5.56 Å². The largest absolute Gasteiger partial charge is 0.251 e. The fraction of sp³-hybridized carbons (Fsp3) is 0.143. The quantitative estimate of drug-likeness (QED) is 0.854. The summed E-state index contributed by atoms with van der Waals surface area (Å²) in [5.41, 5.74) is 1.78. The average Bonchev–Trinajstić information content (AvgIpc) is 2.88.